The van der Waals surface area contributed by atoms with Gasteiger partial charge in [0, 0.05) is 6.07 Å². The number of nitrogens with zero attached hydrogens (tertiary/aromatic N) is 1. The Morgan fingerprint density at radius 3 is 2.78 bits per heavy atom. The van der Waals surface area contributed by atoms with E-state index in [2.05, 4.69) is 4.99 Å². The first-order valence-electron chi connectivity index (χ1n) is 2.42. The molecule has 0 unspecified atom stereocenters. The first-order chi connectivity index (χ1) is 4.29. The molecule has 0 saturated heterocycles. The van der Waals surface area contributed by atoms with E-state index in [1.165, 1.54) is 6.26 Å². The molecule has 4 N–H and O–H groups in total. The highest BCUT2D eigenvalue weighted by molar-refractivity contribution is 5.78. The van der Waals surface area contributed by atoms with Gasteiger partial charge in [-0.3, -0.25) is 0 Å². The molecule has 4 heteroatoms. The second-order valence-electron chi connectivity index (χ2n) is 1.49. The van der Waals surface area contributed by atoms with Crippen LogP contribution in [0.15, 0.2) is 27.8 Å². The van der Waals surface area contributed by atoms with Crippen LogP contribution in [-0.4, -0.2) is 5.96 Å². The van der Waals surface area contributed by atoms with Crippen LogP contribution in [0.3, 0.4) is 0 Å². The number of guanidine groups is 1. The molecule has 0 amide bonds. The quantitative estimate of drug-likeness (QED) is 0.415. The maximum atomic E-state index is 5.05. The molecule has 1 heterocycles. The molecular weight excluding hydrogens is 118 g/mol. The summed E-state index contributed by atoms with van der Waals surface area (Å²) in [7, 11) is 0. The van der Waals surface area contributed by atoms with E-state index < -0.39 is 0 Å². The van der Waals surface area contributed by atoms with Crippen molar-refractivity contribution in [3.05, 3.63) is 18.4 Å². The molecule has 0 aliphatic heterocycles. The first kappa shape index (κ1) is 5.68. The molecule has 0 atom stereocenters. The Hall–Kier alpha value is -1.45. The molecule has 0 bridgehead atoms. The van der Waals surface area contributed by atoms with Gasteiger partial charge in [-0.1, -0.05) is 0 Å². The molecule has 0 aliphatic carbocycles. The van der Waals surface area contributed by atoms with Crippen LogP contribution < -0.4 is 11.5 Å². The van der Waals surface area contributed by atoms with Gasteiger partial charge in [-0.05, 0) is 6.07 Å². The van der Waals surface area contributed by atoms with E-state index in [-0.39, 0.29) is 5.96 Å². The molecule has 1 rings (SSSR count). The van der Waals surface area contributed by atoms with Crippen LogP contribution in [0.5, 0.6) is 0 Å². The molecule has 0 radical (unpaired) electrons. The van der Waals surface area contributed by atoms with Crippen LogP contribution in [0.4, 0.5) is 5.88 Å². The van der Waals surface area contributed by atoms with Gasteiger partial charge in [0.05, 0.1) is 6.26 Å². The van der Waals surface area contributed by atoms with Gasteiger partial charge in [-0.25, -0.2) is 0 Å². The summed E-state index contributed by atoms with van der Waals surface area (Å²) in [6.07, 6.45) is 1.50. The van der Waals surface area contributed by atoms with Gasteiger partial charge in [0.2, 0.25) is 5.88 Å². The fourth-order valence-electron chi connectivity index (χ4n) is 0.461. The normalized spacial score (nSPS) is 8.89. The largest absolute Gasteiger partial charge is 0.447 e. The molecule has 48 valence electrons. The zero-order chi connectivity index (χ0) is 6.69. The minimum Gasteiger partial charge on any atom is -0.447 e. The zero-order valence-corrected chi connectivity index (χ0v) is 4.74. The Morgan fingerprint density at radius 1 is 1.56 bits per heavy atom. The second-order valence-corrected chi connectivity index (χ2v) is 1.49. The Labute approximate surface area is 52.2 Å². The molecule has 4 nitrogen and oxygen atoms in total. The van der Waals surface area contributed by atoms with E-state index >= 15 is 0 Å². The minimum absolute atomic E-state index is 0.00458. The van der Waals surface area contributed by atoms with Crippen LogP contribution in [0, 0.1) is 0 Å². The van der Waals surface area contributed by atoms with Crippen LogP contribution in [0.25, 0.3) is 0 Å². The Kier molecular flexibility index (Phi) is 1.40. The lowest BCUT2D eigenvalue weighted by Gasteiger charge is -1.85. The summed E-state index contributed by atoms with van der Waals surface area (Å²) in [5, 5.41) is 0. The number of hydrogen-bond donors (Lipinski definition) is 2. The van der Waals surface area contributed by atoms with E-state index in [1.54, 1.807) is 12.1 Å². The third-order valence-electron chi connectivity index (χ3n) is 0.745. The highest BCUT2D eigenvalue weighted by atomic mass is 16.3. The minimum atomic E-state index is 0.00458. The molecule has 0 spiro atoms. The summed E-state index contributed by atoms with van der Waals surface area (Å²) < 4.78 is 4.80. The first-order valence-corrected chi connectivity index (χ1v) is 2.42. The van der Waals surface area contributed by atoms with Crippen molar-refractivity contribution in [1.82, 2.24) is 0 Å². The van der Waals surface area contributed by atoms with E-state index in [1.807, 2.05) is 0 Å². The molecule has 1 aromatic rings. The van der Waals surface area contributed by atoms with Gasteiger partial charge in [0.25, 0.3) is 0 Å². The lowest BCUT2D eigenvalue weighted by Crippen LogP contribution is -2.21. The molecule has 9 heavy (non-hydrogen) atoms. The summed E-state index contributed by atoms with van der Waals surface area (Å²) in [6.45, 7) is 0. The van der Waals surface area contributed by atoms with E-state index in [4.69, 9.17) is 15.9 Å². The number of furan rings is 1. The molecule has 0 aromatic carbocycles. The summed E-state index contributed by atoms with van der Waals surface area (Å²) in [5.74, 6) is 0.431. The number of aliphatic imine (C=N–C) groups is 1. The van der Waals surface area contributed by atoms with Gasteiger partial charge in [-0.2, -0.15) is 4.99 Å². The van der Waals surface area contributed by atoms with Crippen molar-refractivity contribution in [1.29, 1.82) is 0 Å². The molecular formula is C5H7N3O. The Balaban J connectivity index is 2.80. The lowest BCUT2D eigenvalue weighted by molar-refractivity contribution is 0.577. The summed E-state index contributed by atoms with van der Waals surface area (Å²) in [5.41, 5.74) is 10.1. The molecule has 0 fully saturated rings. The van der Waals surface area contributed by atoms with Gasteiger partial charge < -0.3 is 15.9 Å². The number of hydrogen-bond acceptors (Lipinski definition) is 2. The van der Waals surface area contributed by atoms with Crippen molar-refractivity contribution < 1.29 is 4.42 Å². The van der Waals surface area contributed by atoms with Crippen LogP contribution in [0.1, 0.15) is 0 Å². The topological polar surface area (TPSA) is 77.5 Å². The third kappa shape index (κ3) is 1.49. The van der Waals surface area contributed by atoms with Crippen molar-refractivity contribution in [3.63, 3.8) is 0 Å². The van der Waals surface area contributed by atoms with Crippen molar-refractivity contribution in [2.45, 2.75) is 0 Å². The van der Waals surface area contributed by atoms with Crippen molar-refractivity contribution in [2.75, 3.05) is 0 Å². The average Bonchev–Trinajstić information content (AvgIpc) is 2.15. The predicted molar refractivity (Wildman–Crippen MR) is 34.2 cm³/mol. The van der Waals surface area contributed by atoms with Gasteiger partial charge in [-0.15, -0.1) is 0 Å². The van der Waals surface area contributed by atoms with E-state index in [9.17, 15) is 0 Å². The zero-order valence-electron chi connectivity index (χ0n) is 4.74. The van der Waals surface area contributed by atoms with Crippen molar-refractivity contribution >= 4 is 11.8 Å². The van der Waals surface area contributed by atoms with Crippen LogP contribution in [0.2, 0.25) is 0 Å². The van der Waals surface area contributed by atoms with Crippen molar-refractivity contribution in [3.8, 4) is 0 Å². The molecule has 0 saturated carbocycles. The van der Waals surface area contributed by atoms with Gasteiger partial charge >= 0.3 is 0 Å². The van der Waals surface area contributed by atoms with Crippen LogP contribution in [-0.2, 0) is 0 Å². The van der Waals surface area contributed by atoms with Gasteiger partial charge in [0.15, 0.2) is 5.96 Å². The fraction of sp³-hybridized carbons (Fsp3) is 0. The highest BCUT2D eigenvalue weighted by Gasteiger charge is 1.88. The average molecular weight is 125 g/mol. The van der Waals surface area contributed by atoms with E-state index in [0.717, 1.165) is 0 Å². The maximum Gasteiger partial charge on any atom is 0.221 e. The lowest BCUT2D eigenvalue weighted by atomic mass is 10.6. The highest BCUT2D eigenvalue weighted by Crippen LogP contribution is 2.09. The number of rotatable bonds is 1. The predicted octanol–water partition coefficient (Wildman–Crippen LogP) is 0.184. The standard InChI is InChI=1S/C5H7N3O/c6-5(7)8-4-2-1-3-9-4/h1-3H,(H4,6,7,8). The summed E-state index contributed by atoms with van der Waals surface area (Å²) in [6, 6.07) is 3.38. The fourth-order valence-corrected chi connectivity index (χ4v) is 0.461. The van der Waals surface area contributed by atoms with Crippen LogP contribution >= 0.6 is 0 Å². The maximum absolute atomic E-state index is 5.05. The number of nitrogens with two attached hydrogens (primary N) is 2. The SMILES string of the molecule is NC(N)=Nc1ccco1. The van der Waals surface area contributed by atoms with Crippen molar-refractivity contribution in [2.24, 2.45) is 16.5 Å². The van der Waals surface area contributed by atoms with E-state index in [0.29, 0.717) is 5.88 Å². The van der Waals surface area contributed by atoms with Gasteiger partial charge in [0.1, 0.15) is 0 Å². The smallest absolute Gasteiger partial charge is 0.221 e. The Bertz CT molecular complexity index is 198. The third-order valence-corrected chi connectivity index (χ3v) is 0.745. The summed E-state index contributed by atoms with van der Waals surface area (Å²) in [4.78, 5) is 3.62. The monoisotopic (exact) mass is 125 g/mol. The molecule has 1 aromatic heterocycles. The summed E-state index contributed by atoms with van der Waals surface area (Å²) >= 11 is 0. The molecule has 0 aliphatic rings. The second kappa shape index (κ2) is 2.21. The Morgan fingerprint density at radius 2 is 2.33 bits per heavy atom.